The lowest BCUT2D eigenvalue weighted by Crippen LogP contribution is -1.99. The van der Waals surface area contributed by atoms with Crippen molar-refractivity contribution in [2.45, 2.75) is 13.3 Å². The van der Waals surface area contributed by atoms with Gasteiger partial charge in [0, 0.05) is 5.69 Å². The molecule has 1 heterocycles. The molecule has 5 heteroatoms. The SMILES string of the molecule is CCc1ccc(Nc2ncc(Br)c(OC)n2)cc1. The molecule has 0 saturated carbocycles. The third-order valence-corrected chi connectivity index (χ3v) is 3.07. The smallest absolute Gasteiger partial charge is 0.232 e. The number of methoxy groups -OCH3 is 1. The zero-order valence-electron chi connectivity index (χ0n) is 10.3. The summed E-state index contributed by atoms with van der Waals surface area (Å²) >= 11 is 3.32. The molecule has 0 fully saturated rings. The van der Waals surface area contributed by atoms with Crippen LogP contribution in [0.1, 0.15) is 12.5 Å². The van der Waals surface area contributed by atoms with Crippen LogP contribution in [-0.4, -0.2) is 17.1 Å². The average Bonchev–Trinajstić information content (AvgIpc) is 2.42. The quantitative estimate of drug-likeness (QED) is 0.938. The third-order valence-electron chi connectivity index (χ3n) is 2.52. The molecule has 2 rings (SSSR count). The number of nitrogens with zero attached hydrogens (tertiary/aromatic N) is 2. The molecule has 94 valence electrons. The second-order valence-electron chi connectivity index (χ2n) is 3.73. The number of rotatable bonds is 4. The molecule has 0 aliphatic rings. The Morgan fingerprint density at radius 2 is 2.00 bits per heavy atom. The lowest BCUT2D eigenvalue weighted by Gasteiger charge is -2.07. The van der Waals surface area contributed by atoms with Crippen molar-refractivity contribution in [2.75, 3.05) is 12.4 Å². The van der Waals surface area contributed by atoms with Crippen molar-refractivity contribution in [3.05, 3.63) is 40.5 Å². The first-order valence-electron chi connectivity index (χ1n) is 5.65. The van der Waals surface area contributed by atoms with Crippen LogP contribution in [0.5, 0.6) is 5.88 Å². The summed E-state index contributed by atoms with van der Waals surface area (Å²) in [6.07, 6.45) is 2.69. The van der Waals surface area contributed by atoms with Crippen LogP contribution in [0.3, 0.4) is 0 Å². The van der Waals surface area contributed by atoms with Gasteiger partial charge < -0.3 is 10.1 Å². The van der Waals surface area contributed by atoms with Gasteiger partial charge in [-0.15, -0.1) is 0 Å². The molecule has 0 amide bonds. The highest BCUT2D eigenvalue weighted by molar-refractivity contribution is 9.10. The van der Waals surface area contributed by atoms with Gasteiger partial charge in [0.1, 0.15) is 0 Å². The first kappa shape index (κ1) is 12.8. The molecule has 0 radical (unpaired) electrons. The molecular formula is C13H14BrN3O. The van der Waals surface area contributed by atoms with Crippen molar-refractivity contribution in [1.82, 2.24) is 9.97 Å². The van der Waals surface area contributed by atoms with Crippen LogP contribution in [0, 0.1) is 0 Å². The van der Waals surface area contributed by atoms with E-state index in [0.717, 1.165) is 16.6 Å². The van der Waals surface area contributed by atoms with Crippen LogP contribution < -0.4 is 10.1 Å². The van der Waals surface area contributed by atoms with Crippen molar-refractivity contribution in [1.29, 1.82) is 0 Å². The van der Waals surface area contributed by atoms with E-state index in [-0.39, 0.29) is 0 Å². The third kappa shape index (κ3) is 2.98. The fourth-order valence-corrected chi connectivity index (χ4v) is 1.86. The minimum atomic E-state index is 0.512. The number of ether oxygens (including phenoxy) is 1. The van der Waals surface area contributed by atoms with Gasteiger partial charge in [-0.1, -0.05) is 19.1 Å². The van der Waals surface area contributed by atoms with Crippen molar-refractivity contribution in [2.24, 2.45) is 0 Å². The van der Waals surface area contributed by atoms with Crippen molar-refractivity contribution < 1.29 is 4.74 Å². The molecule has 1 aromatic carbocycles. The maximum absolute atomic E-state index is 5.12. The molecule has 18 heavy (non-hydrogen) atoms. The molecule has 0 bridgehead atoms. The summed E-state index contributed by atoms with van der Waals surface area (Å²) in [5.41, 5.74) is 2.26. The van der Waals surface area contributed by atoms with Gasteiger partial charge in [0.05, 0.1) is 17.8 Å². The topological polar surface area (TPSA) is 47.0 Å². The highest BCUT2D eigenvalue weighted by Gasteiger charge is 2.05. The number of anilines is 2. The number of aryl methyl sites for hydroxylation is 1. The van der Waals surface area contributed by atoms with E-state index in [1.807, 2.05) is 12.1 Å². The molecule has 0 aliphatic carbocycles. The van der Waals surface area contributed by atoms with Gasteiger partial charge in [-0.2, -0.15) is 4.98 Å². The largest absolute Gasteiger partial charge is 0.480 e. The van der Waals surface area contributed by atoms with Crippen LogP contribution in [-0.2, 0) is 6.42 Å². The molecule has 0 unspecified atom stereocenters. The van der Waals surface area contributed by atoms with E-state index >= 15 is 0 Å². The summed E-state index contributed by atoms with van der Waals surface area (Å²) in [5, 5.41) is 3.13. The molecular weight excluding hydrogens is 294 g/mol. The maximum Gasteiger partial charge on any atom is 0.232 e. The molecule has 0 saturated heterocycles. The lowest BCUT2D eigenvalue weighted by atomic mass is 10.1. The Morgan fingerprint density at radius 3 is 2.61 bits per heavy atom. The second kappa shape index (κ2) is 5.82. The van der Waals surface area contributed by atoms with Crippen molar-refractivity contribution in [3.8, 4) is 5.88 Å². The molecule has 1 aromatic heterocycles. The van der Waals surface area contributed by atoms with Gasteiger partial charge in [0.25, 0.3) is 0 Å². The predicted octanol–water partition coefficient (Wildman–Crippen LogP) is 3.55. The Hall–Kier alpha value is -1.62. The van der Waals surface area contributed by atoms with Gasteiger partial charge >= 0.3 is 0 Å². The maximum atomic E-state index is 5.12. The number of nitrogens with one attached hydrogen (secondary N) is 1. The van der Waals surface area contributed by atoms with Gasteiger partial charge in [-0.25, -0.2) is 4.98 Å². The van der Waals surface area contributed by atoms with E-state index in [1.54, 1.807) is 13.3 Å². The van der Waals surface area contributed by atoms with Gasteiger partial charge in [0.15, 0.2) is 0 Å². The summed E-state index contributed by atoms with van der Waals surface area (Å²) in [5.74, 6) is 1.02. The highest BCUT2D eigenvalue weighted by Crippen LogP contribution is 2.23. The molecule has 2 aromatic rings. The normalized spacial score (nSPS) is 10.2. The van der Waals surface area contributed by atoms with E-state index in [1.165, 1.54) is 5.56 Å². The number of halogens is 1. The molecule has 4 nitrogen and oxygen atoms in total. The minimum Gasteiger partial charge on any atom is -0.480 e. The minimum absolute atomic E-state index is 0.512. The van der Waals surface area contributed by atoms with E-state index in [4.69, 9.17) is 4.74 Å². The predicted molar refractivity (Wildman–Crippen MR) is 75.4 cm³/mol. The Balaban J connectivity index is 2.17. The van der Waals surface area contributed by atoms with Crippen LogP contribution >= 0.6 is 15.9 Å². The standard InChI is InChI=1S/C13H14BrN3O/c1-3-9-4-6-10(7-5-9)16-13-15-8-11(14)12(17-13)18-2/h4-8H,3H2,1-2H3,(H,15,16,17). The van der Waals surface area contributed by atoms with E-state index in [0.29, 0.717) is 11.8 Å². The van der Waals surface area contributed by atoms with Crippen LogP contribution in [0.15, 0.2) is 34.9 Å². The first-order valence-corrected chi connectivity index (χ1v) is 6.44. The van der Waals surface area contributed by atoms with Crippen molar-refractivity contribution in [3.63, 3.8) is 0 Å². The highest BCUT2D eigenvalue weighted by atomic mass is 79.9. The fourth-order valence-electron chi connectivity index (χ4n) is 1.51. The number of aromatic nitrogens is 2. The Bertz CT molecular complexity index is 528. The summed E-state index contributed by atoms with van der Waals surface area (Å²) in [7, 11) is 1.58. The molecule has 1 N–H and O–H groups in total. The summed E-state index contributed by atoms with van der Waals surface area (Å²) in [4.78, 5) is 8.41. The number of hydrogen-bond acceptors (Lipinski definition) is 4. The van der Waals surface area contributed by atoms with Crippen LogP contribution in [0.2, 0.25) is 0 Å². The number of hydrogen-bond donors (Lipinski definition) is 1. The zero-order valence-corrected chi connectivity index (χ0v) is 11.9. The first-order chi connectivity index (χ1) is 8.72. The monoisotopic (exact) mass is 307 g/mol. The van der Waals surface area contributed by atoms with Crippen molar-refractivity contribution >= 4 is 27.6 Å². The van der Waals surface area contributed by atoms with E-state index in [2.05, 4.69) is 50.3 Å². The summed E-state index contributed by atoms with van der Waals surface area (Å²) in [6, 6.07) is 8.18. The summed E-state index contributed by atoms with van der Waals surface area (Å²) in [6.45, 7) is 2.13. The summed E-state index contributed by atoms with van der Waals surface area (Å²) < 4.78 is 5.86. The lowest BCUT2D eigenvalue weighted by molar-refractivity contribution is 0.394. The number of benzene rings is 1. The zero-order chi connectivity index (χ0) is 13.0. The Labute approximate surface area is 115 Å². The molecule has 0 aliphatic heterocycles. The van der Waals surface area contributed by atoms with Gasteiger partial charge in [-0.3, -0.25) is 0 Å². The molecule has 0 atom stereocenters. The Morgan fingerprint density at radius 1 is 1.28 bits per heavy atom. The average molecular weight is 308 g/mol. The fraction of sp³-hybridized carbons (Fsp3) is 0.231. The van der Waals surface area contributed by atoms with E-state index in [9.17, 15) is 0 Å². The van der Waals surface area contributed by atoms with Crippen LogP contribution in [0.25, 0.3) is 0 Å². The van der Waals surface area contributed by atoms with E-state index < -0.39 is 0 Å². The molecule has 0 spiro atoms. The van der Waals surface area contributed by atoms with Gasteiger partial charge in [-0.05, 0) is 40.0 Å². The second-order valence-corrected chi connectivity index (χ2v) is 4.58. The van der Waals surface area contributed by atoms with Gasteiger partial charge in [0.2, 0.25) is 11.8 Å². The Kier molecular flexibility index (Phi) is 4.15. The van der Waals surface area contributed by atoms with Crippen LogP contribution in [0.4, 0.5) is 11.6 Å².